The van der Waals surface area contributed by atoms with Gasteiger partial charge in [-0.15, -0.1) is 4.68 Å². The summed E-state index contributed by atoms with van der Waals surface area (Å²) in [6.45, 7) is 13.3. The number of hydrogen-bond donors (Lipinski definition) is 5. The van der Waals surface area contributed by atoms with Gasteiger partial charge in [0.05, 0.1) is 35.0 Å². The van der Waals surface area contributed by atoms with Crippen molar-refractivity contribution in [3.63, 3.8) is 0 Å². The van der Waals surface area contributed by atoms with Crippen LogP contribution in [0.4, 0.5) is 17.6 Å². The van der Waals surface area contributed by atoms with Crippen molar-refractivity contribution >= 4 is 63.3 Å². The number of anilines is 3. The van der Waals surface area contributed by atoms with Gasteiger partial charge in [0, 0.05) is 75.6 Å². The second-order valence-electron chi connectivity index (χ2n) is 16.8. The fourth-order valence-corrected chi connectivity index (χ4v) is 9.61. The Morgan fingerprint density at radius 2 is 1.49 bits per heavy atom. The van der Waals surface area contributed by atoms with Gasteiger partial charge in [-0.3, -0.25) is 34.5 Å². The molecule has 2 saturated heterocycles. The Morgan fingerprint density at radius 1 is 0.862 bits per heavy atom. The van der Waals surface area contributed by atoms with E-state index in [0.717, 1.165) is 52.1 Å². The van der Waals surface area contributed by atoms with Gasteiger partial charge in [0.15, 0.2) is 11.4 Å². The SMILES string of the molecule is CCn1nc(C)c2c1C(=O)Nc1nc3cc(C(N)=O)cc(NCCN4CCC5(CCOCC5)C4)c3n1C/C=C/Cn1c(nc3cc(C(N)=O)cc(OC)c31)NC(=O)c1n(CC)nc(C)[n+]1-2. The lowest BCUT2D eigenvalue weighted by molar-refractivity contribution is -0.606. The van der Waals surface area contributed by atoms with Crippen molar-refractivity contribution in [1.82, 2.24) is 43.6 Å². The van der Waals surface area contributed by atoms with Crippen LogP contribution < -0.4 is 36.7 Å². The van der Waals surface area contributed by atoms with Gasteiger partial charge in [-0.25, -0.2) is 9.97 Å². The molecule has 3 aliphatic rings. The number of aromatic nitrogens is 9. The molecule has 6 aromatic rings. The van der Waals surface area contributed by atoms with Crippen LogP contribution in [-0.2, 0) is 30.9 Å². The molecule has 4 amide bonds. The molecule has 0 unspecified atom stereocenters. The number of amides is 4. The van der Waals surface area contributed by atoms with Crippen molar-refractivity contribution in [3.8, 4) is 11.4 Å². The van der Waals surface area contributed by atoms with Crippen LogP contribution in [0, 0.1) is 19.3 Å². The molecule has 65 heavy (non-hydrogen) atoms. The average molecular weight is 889 g/mol. The standard InChI is InChI=1S/C44H53N15O6/c1-6-57-36-33(25(3)52-57)59-26(4)53-58(7-2)41(59)40(63)51-43-49-31-22-28(38(46)61)23-32(64-5)35(31)56(43)15-9-8-14-55-34-29(20-27(37(45)60)21-30(34)48-42(55)50-39(36)62)47-13-17-54-16-10-44(24-54)11-18-65-19-12-44/h8-9,20-23,47H,6-7,10-19,24H2,1-5H3,(H5-,45,46,48,49,50,51,60,61,62,63)/p+1/b9-8+. The topological polar surface area (TPSA) is 253 Å². The smallest absolute Gasteiger partial charge is 0.331 e. The quantitative estimate of drug-likeness (QED) is 0.104. The Balaban J connectivity index is 1.19. The van der Waals surface area contributed by atoms with Gasteiger partial charge in [-0.2, -0.15) is 9.67 Å². The van der Waals surface area contributed by atoms with Crippen LogP contribution in [0.5, 0.6) is 5.75 Å². The number of allylic oxidation sites excluding steroid dienone is 2. The summed E-state index contributed by atoms with van der Waals surface area (Å²) in [5.74, 6) is -1.15. The largest absolute Gasteiger partial charge is 0.494 e. The number of carbonyl (C=O) groups excluding carboxylic acids is 4. The first kappa shape index (κ1) is 43.1. The Labute approximate surface area is 373 Å². The third-order valence-electron chi connectivity index (χ3n) is 12.8. The van der Waals surface area contributed by atoms with Crippen molar-refractivity contribution in [2.75, 3.05) is 62.5 Å². The second kappa shape index (κ2) is 17.1. The van der Waals surface area contributed by atoms with Gasteiger partial charge < -0.3 is 40.3 Å². The molecule has 0 aliphatic carbocycles. The number of hydrogen-bond acceptors (Lipinski definition) is 12. The number of ether oxygens (including phenoxy) is 2. The number of aryl methyl sites for hydroxylation is 4. The summed E-state index contributed by atoms with van der Waals surface area (Å²) in [6, 6.07) is 6.45. The lowest BCUT2D eigenvalue weighted by Gasteiger charge is -2.33. The lowest BCUT2D eigenvalue weighted by Crippen LogP contribution is -2.44. The van der Waals surface area contributed by atoms with Crippen molar-refractivity contribution in [3.05, 3.63) is 70.6 Å². The van der Waals surface area contributed by atoms with E-state index >= 15 is 0 Å². The first-order valence-electron chi connectivity index (χ1n) is 21.9. The zero-order valence-electron chi connectivity index (χ0n) is 37.2. The van der Waals surface area contributed by atoms with Crippen LogP contribution in [0.1, 0.15) is 86.5 Å². The Hall–Kier alpha value is -7.13. The Morgan fingerprint density at radius 3 is 2.14 bits per heavy atom. The summed E-state index contributed by atoms with van der Waals surface area (Å²) in [5, 5.41) is 19.1. The van der Waals surface area contributed by atoms with Crippen LogP contribution in [0.2, 0.25) is 0 Å². The van der Waals surface area contributed by atoms with Gasteiger partial charge in [0.2, 0.25) is 23.7 Å². The zero-order chi connectivity index (χ0) is 45.7. The highest BCUT2D eigenvalue weighted by Crippen LogP contribution is 2.40. The number of benzene rings is 2. The summed E-state index contributed by atoms with van der Waals surface area (Å²) >= 11 is 0. The van der Waals surface area contributed by atoms with E-state index in [1.807, 2.05) is 30.6 Å². The molecular weight excluding hydrogens is 835 g/mol. The molecule has 2 fully saturated rings. The maximum absolute atomic E-state index is 14.9. The highest BCUT2D eigenvalue weighted by atomic mass is 16.5. The predicted molar refractivity (Wildman–Crippen MR) is 240 cm³/mol. The maximum Gasteiger partial charge on any atom is 0.331 e. The van der Waals surface area contributed by atoms with Crippen LogP contribution in [0.3, 0.4) is 0 Å². The molecule has 7 N–H and O–H groups in total. The first-order chi connectivity index (χ1) is 31.3. The van der Waals surface area contributed by atoms with E-state index in [9.17, 15) is 19.2 Å². The summed E-state index contributed by atoms with van der Waals surface area (Å²) in [6.07, 6.45) is 7.07. The molecular formula is C44H54N15O6+. The number of rotatable bonds is 9. The zero-order valence-corrected chi connectivity index (χ0v) is 37.2. The molecule has 4 aromatic heterocycles. The van der Waals surface area contributed by atoms with E-state index in [1.165, 1.54) is 13.2 Å². The van der Waals surface area contributed by atoms with Gasteiger partial charge in [-0.05, 0) is 76.3 Å². The number of fused-ring (bicyclic) bond motifs is 9. The normalized spacial score (nSPS) is 17.1. The molecule has 2 aromatic carbocycles. The number of nitrogens with one attached hydrogen (secondary N) is 3. The van der Waals surface area contributed by atoms with E-state index in [4.69, 9.17) is 41.1 Å². The highest BCUT2D eigenvalue weighted by Gasteiger charge is 2.40. The number of nitrogens with two attached hydrogens (primary N) is 2. The van der Waals surface area contributed by atoms with Gasteiger partial charge >= 0.3 is 11.7 Å². The number of carbonyl (C=O) groups is 4. The molecule has 21 heteroatoms. The van der Waals surface area contributed by atoms with E-state index in [2.05, 4.69) is 20.9 Å². The number of nitrogens with zero attached hydrogens (tertiary/aromatic N) is 10. The van der Waals surface area contributed by atoms with Crippen molar-refractivity contribution < 1.29 is 33.2 Å². The number of primary amides is 2. The summed E-state index contributed by atoms with van der Waals surface area (Å²) in [7, 11) is 1.48. The number of methoxy groups -OCH3 is 1. The fourth-order valence-electron chi connectivity index (χ4n) is 9.61. The van der Waals surface area contributed by atoms with Crippen molar-refractivity contribution in [2.45, 2.75) is 73.1 Å². The van der Waals surface area contributed by atoms with Crippen LogP contribution in [0.25, 0.3) is 27.8 Å². The van der Waals surface area contributed by atoms with Gasteiger partial charge in [0.1, 0.15) is 17.8 Å². The third kappa shape index (κ3) is 7.73. The third-order valence-corrected chi connectivity index (χ3v) is 12.8. The van der Waals surface area contributed by atoms with E-state index in [0.29, 0.717) is 75.8 Å². The van der Waals surface area contributed by atoms with E-state index in [-0.39, 0.29) is 47.6 Å². The minimum absolute atomic E-state index is 0.114. The fraction of sp³-hybridized carbons (Fsp3) is 0.432. The van der Waals surface area contributed by atoms with Crippen LogP contribution in [-0.4, -0.2) is 114 Å². The van der Waals surface area contributed by atoms with Crippen LogP contribution in [0.15, 0.2) is 36.4 Å². The summed E-state index contributed by atoms with van der Waals surface area (Å²) < 4.78 is 19.8. The summed E-state index contributed by atoms with van der Waals surface area (Å²) in [5.41, 5.74) is 15.9. The predicted octanol–water partition coefficient (Wildman–Crippen LogP) is 2.91. The van der Waals surface area contributed by atoms with Gasteiger partial charge in [-0.1, -0.05) is 12.2 Å². The van der Waals surface area contributed by atoms with Crippen molar-refractivity contribution in [2.24, 2.45) is 16.9 Å². The molecule has 9 rings (SSSR count). The van der Waals surface area contributed by atoms with E-state index < -0.39 is 23.6 Å². The first-order valence-corrected chi connectivity index (χ1v) is 21.9. The molecule has 21 nitrogen and oxygen atoms in total. The Kier molecular flexibility index (Phi) is 11.4. The summed E-state index contributed by atoms with van der Waals surface area (Å²) in [4.78, 5) is 66.9. The molecule has 340 valence electrons. The molecule has 0 atom stereocenters. The maximum atomic E-state index is 14.9. The molecule has 1 spiro atoms. The molecule has 0 radical (unpaired) electrons. The number of imidazole rings is 2. The van der Waals surface area contributed by atoms with Gasteiger partial charge in [0.25, 0.3) is 11.7 Å². The minimum Gasteiger partial charge on any atom is -0.494 e. The second-order valence-corrected chi connectivity index (χ2v) is 16.8. The number of likely N-dealkylation sites (tertiary alicyclic amines) is 1. The monoisotopic (exact) mass is 888 g/mol. The Bertz CT molecular complexity index is 2930. The molecule has 3 aliphatic heterocycles. The lowest BCUT2D eigenvalue weighted by atomic mass is 9.80. The molecule has 7 heterocycles. The molecule has 0 bridgehead atoms. The van der Waals surface area contributed by atoms with Crippen molar-refractivity contribution in [1.29, 1.82) is 0 Å². The average Bonchev–Trinajstić information content (AvgIpc) is 4.09. The molecule has 0 saturated carbocycles. The highest BCUT2D eigenvalue weighted by molar-refractivity contribution is 6.07. The van der Waals surface area contributed by atoms with Crippen LogP contribution >= 0.6 is 0 Å². The van der Waals surface area contributed by atoms with E-state index in [1.54, 1.807) is 50.5 Å². The minimum atomic E-state index is -0.666.